The van der Waals surface area contributed by atoms with Gasteiger partial charge in [0.15, 0.2) is 0 Å². The Morgan fingerprint density at radius 1 is 1.04 bits per heavy atom. The van der Waals surface area contributed by atoms with Crippen LogP contribution in [-0.2, 0) is 23.3 Å². The van der Waals surface area contributed by atoms with Gasteiger partial charge < -0.3 is 23.6 Å². The Bertz CT molecular complexity index is 595. The van der Waals surface area contributed by atoms with Gasteiger partial charge in [-0.2, -0.15) is 0 Å². The van der Waals surface area contributed by atoms with E-state index in [2.05, 4.69) is 4.52 Å². The van der Waals surface area contributed by atoms with Crippen LogP contribution >= 0.6 is 7.60 Å². The number of hydrogen-bond acceptors (Lipinski definition) is 5. The van der Waals surface area contributed by atoms with Crippen molar-refractivity contribution in [1.82, 2.24) is 0 Å². The zero-order valence-corrected chi connectivity index (χ0v) is 15.1. The lowest BCUT2D eigenvalue weighted by Crippen LogP contribution is -2.38. The highest BCUT2D eigenvalue weighted by Crippen LogP contribution is 2.50. The van der Waals surface area contributed by atoms with Crippen LogP contribution < -0.4 is 0 Å². The van der Waals surface area contributed by atoms with Crippen molar-refractivity contribution >= 4 is 23.3 Å². The van der Waals surface area contributed by atoms with Crippen molar-refractivity contribution in [2.75, 3.05) is 28.4 Å². The lowest BCUT2D eigenvalue weighted by Gasteiger charge is -2.33. The van der Waals surface area contributed by atoms with E-state index >= 15 is 0 Å². The van der Waals surface area contributed by atoms with Gasteiger partial charge in [0.1, 0.15) is 27.9 Å². The highest BCUT2D eigenvalue weighted by Gasteiger charge is 2.34. The molecule has 0 amide bonds. The smallest absolute Gasteiger partial charge is 0.343 e. The highest BCUT2D eigenvalue weighted by atomic mass is 31.2. The van der Waals surface area contributed by atoms with Crippen LogP contribution in [0.5, 0.6) is 0 Å². The standard InChI is InChI=1S/C15H21B2O6P/c1-20-12(10-8-6-5-7-9-10)14(22-3)13(21-2)11(16)15(17)24(18,19)23-4/h5-9,12-14H,1-4H3,(H,18,19)/b15-11-/t12-,13+,14-/m0/s1. The van der Waals surface area contributed by atoms with Crippen molar-refractivity contribution in [3.63, 3.8) is 0 Å². The Balaban J connectivity index is 3.28. The molecule has 24 heavy (non-hydrogen) atoms. The van der Waals surface area contributed by atoms with Gasteiger partial charge in [-0.15, -0.1) is 0 Å². The number of methoxy groups -OCH3 is 3. The van der Waals surface area contributed by atoms with Crippen LogP contribution in [0.2, 0.25) is 0 Å². The second kappa shape index (κ2) is 9.56. The summed E-state index contributed by atoms with van der Waals surface area (Å²) < 4.78 is 32.8. The molecule has 9 heteroatoms. The summed E-state index contributed by atoms with van der Waals surface area (Å²) in [6.07, 6.45) is -2.17. The largest absolute Gasteiger partial charge is 0.375 e. The molecule has 6 nitrogen and oxygen atoms in total. The fourth-order valence-corrected chi connectivity index (χ4v) is 3.00. The van der Waals surface area contributed by atoms with Crippen molar-refractivity contribution in [1.29, 1.82) is 0 Å². The van der Waals surface area contributed by atoms with Gasteiger partial charge in [0.05, 0.1) is 6.10 Å². The molecule has 0 spiro atoms. The third kappa shape index (κ3) is 4.82. The molecule has 0 aliphatic heterocycles. The topological polar surface area (TPSA) is 74.2 Å². The predicted octanol–water partition coefficient (Wildman–Crippen LogP) is 1.74. The molecule has 0 bridgehead atoms. The first kappa shape index (κ1) is 21.2. The van der Waals surface area contributed by atoms with E-state index in [9.17, 15) is 9.46 Å². The van der Waals surface area contributed by atoms with E-state index in [1.54, 1.807) is 0 Å². The van der Waals surface area contributed by atoms with Gasteiger partial charge in [-0.05, 0) is 10.8 Å². The van der Waals surface area contributed by atoms with Crippen molar-refractivity contribution in [3.8, 4) is 0 Å². The van der Waals surface area contributed by atoms with E-state index in [1.165, 1.54) is 21.3 Å². The highest BCUT2D eigenvalue weighted by molar-refractivity contribution is 7.60. The third-order valence-corrected chi connectivity index (χ3v) is 5.02. The van der Waals surface area contributed by atoms with Crippen LogP contribution in [0.4, 0.5) is 0 Å². The third-order valence-electron chi connectivity index (χ3n) is 3.66. The Kier molecular flexibility index (Phi) is 8.43. The van der Waals surface area contributed by atoms with E-state index in [4.69, 9.17) is 29.9 Å². The van der Waals surface area contributed by atoms with Gasteiger partial charge in [0, 0.05) is 28.4 Å². The van der Waals surface area contributed by atoms with Gasteiger partial charge in [-0.1, -0.05) is 35.8 Å². The molecule has 0 aliphatic rings. The number of benzene rings is 1. The monoisotopic (exact) mass is 350 g/mol. The van der Waals surface area contributed by atoms with E-state index < -0.39 is 31.1 Å². The molecule has 4 atom stereocenters. The number of hydrogen-bond donors (Lipinski definition) is 1. The van der Waals surface area contributed by atoms with Crippen LogP contribution in [0, 0.1) is 0 Å². The zero-order valence-electron chi connectivity index (χ0n) is 14.2. The zero-order chi connectivity index (χ0) is 18.3. The summed E-state index contributed by atoms with van der Waals surface area (Å²) >= 11 is 0. The minimum absolute atomic E-state index is 0.144. The fourth-order valence-electron chi connectivity index (χ4n) is 2.35. The maximum Gasteiger partial charge on any atom is 0.343 e. The molecule has 128 valence electrons. The minimum Gasteiger partial charge on any atom is -0.375 e. The average molecular weight is 350 g/mol. The van der Waals surface area contributed by atoms with Gasteiger partial charge in [-0.3, -0.25) is 4.57 Å². The summed E-state index contributed by atoms with van der Waals surface area (Å²) in [5.74, 6) is 0. The van der Waals surface area contributed by atoms with Crippen LogP contribution in [-0.4, -0.2) is 61.2 Å². The Morgan fingerprint density at radius 2 is 1.62 bits per heavy atom. The maximum atomic E-state index is 11.9. The van der Waals surface area contributed by atoms with E-state index in [-0.39, 0.29) is 5.47 Å². The first-order valence-corrected chi connectivity index (χ1v) is 8.69. The molecule has 1 rings (SSSR count). The van der Waals surface area contributed by atoms with Crippen molar-refractivity contribution in [2.24, 2.45) is 0 Å². The summed E-state index contributed by atoms with van der Waals surface area (Å²) in [6, 6.07) is 9.32. The summed E-state index contributed by atoms with van der Waals surface area (Å²) in [7, 11) is 12.9. The summed E-state index contributed by atoms with van der Waals surface area (Å²) in [6.45, 7) is 0. The molecule has 1 aromatic rings. The summed E-state index contributed by atoms with van der Waals surface area (Å²) in [5, 5.41) is -0.484. The minimum atomic E-state index is -4.19. The molecular weight excluding hydrogens is 329 g/mol. The van der Waals surface area contributed by atoms with Crippen LogP contribution in [0.15, 0.2) is 41.0 Å². The molecule has 0 heterocycles. The van der Waals surface area contributed by atoms with E-state index in [1.807, 2.05) is 30.3 Å². The predicted molar refractivity (Wildman–Crippen MR) is 93.2 cm³/mol. The number of rotatable bonds is 9. The van der Waals surface area contributed by atoms with Crippen molar-refractivity contribution in [2.45, 2.75) is 18.3 Å². The molecule has 1 unspecified atom stereocenters. The quantitative estimate of drug-likeness (QED) is 0.540. The first-order valence-electron chi connectivity index (χ1n) is 7.11. The second-order valence-corrected chi connectivity index (χ2v) is 6.85. The summed E-state index contributed by atoms with van der Waals surface area (Å²) in [4.78, 5) is 9.72. The Labute approximate surface area is 145 Å². The van der Waals surface area contributed by atoms with Gasteiger partial charge in [0.25, 0.3) is 0 Å². The molecule has 0 saturated carbocycles. The maximum absolute atomic E-state index is 11.9. The fraction of sp³-hybridized carbons (Fsp3) is 0.467. The SMILES string of the molecule is [B]/C(=C(/[B])P(=O)(O)OC)[C@@H](OC)[C@@H](OC)[C@@H](OC)c1ccccc1. The van der Waals surface area contributed by atoms with E-state index in [0.29, 0.717) is 0 Å². The molecule has 0 aromatic heterocycles. The van der Waals surface area contributed by atoms with Gasteiger partial charge in [-0.25, -0.2) is 0 Å². The van der Waals surface area contributed by atoms with Gasteiger partial charge in [0.2, 0.25) is 0 Å². The lowest BCUT2D eigenvalue weighted by molar-refractivity contribution is -0.0949. The normalized spacial score (nSPS) is 19.0. The molecule has 4 radical (unpaired) electrons. The molecular formula is C15H21B2O6P. The van der Waals surface area contributed by atoms with Crippen LogP contribution in [0.25, 0.3) is 0 Å². The van der Waals surface area contributed by atoms with E-state index in [0.717, 1.165) is 12.7 Å². The van der Waals surface area contributed by atoms with Crippen LogP contribution in [0.3, 0.4) is 0 Å². The molecule has 1 aromatic carbocycles. The Hall–Kier alpha value is -0.880. The van der Waals surface area contributed by atoms with Gasteiger partial charge >= 0.3 is 7.60 Å². The Morgan fingerprint density at radius 3 is 2.04 bits per heavy atom. The van der Waals surface area contributed by atoms with Crippen LogP contribution in [0.1, 0.15) is 11.7 Å². The first-order chi connectivity index (χ1) is 11.3. The molecule has 1 N–H and O–H groups in total. The molecule has 0 aliphatic carbocycles. The number of ether oxygens (including phenoxy) is 3. The summed E-state index contributed by atoms with van der Waals surface area (Å²) in [5.41, 5.74) is 0.689. The van der Waals surface area contributed by atoms with Crippen molar-refractivity contribution in [3.05, 3.63) is 46.6 Å². The van der Waals surface area contributed by atoms with Crippen molar-refractivity contribution < 1.29 is 28.2 Å². The molecule has 0 fully saturated rings. The lowest BCUT2D eigenvalue weighted by atomic mass is 9.80. The average Bonchev–Trinajstić information content (AvgIpc) is 2.61. The second-order valence-electron chi connectivity index (χ2n) is 4.97. The molecule has 0 saturated heterocycles.